The lowest BCUT2D eigenvalue weighted by Crippen LogP contribution is -2.31. The van der Waals surface area contributed by atoms with Gasteiger partial charge in [-0.1, -0.05) is 56.0 Å². The zero-order chi connectivity index (χ0) is 19.9. The van der Waals surface area contributed by atoms with Crippen molar-refractivity contribution in [2.75, 3.05) is 31.3 Å². The molecular formula is C18H24N4O3S2. The molecule has 27 heavy (non-hydrogen) atoms. The number of benzene rings is 1. The number of carbonyl (C=O) groups is 2. The molecule has 1 heterocycles. The second-order valence-corrected chi connectivity index (χ2v) is 8.99. The monoisotopic (exact) mass is 408 g/mol. The number of nitrogens with one attached hydrogen (secondary N) is 2. The zero-order valence-electron chi connectivity index (χ0n) is 15.9. The summed E-state index contributed by atoms with van der Waals surface area (Å²) < 4.78 is 5.61. The van der Waals surface area contributed by atoms with Gasteiger partial charge < -0.3 is 10.1 Å². The number of nitrogens with zero attached hydrogens (tertiary/aromatic N) is 2. The van der Waals surface area contributed by atoms with Crippen LogP contribution in [0, 0.1) is 0 Å². The van der Waals surface area contributed by atoms with Gasteiger partial charge in [0.2, 0.25) is 11.0 Å². The SMILES string of the molecule is COCCNc1nnc(SCC(=O)NC(=O)c2ccc(C(C)(C)C)cc2)s1. The topological polar surface area (TPSA) is 93.2 Å². The van der Waals surface area contributed by atoms with E-state index in [0.717, 1.165) is 5.56 Å². The number of hydrogen-bond acceptors (Lipinski definition) is 8. The molecule has 0 fully saturated rings. The molecule has 1 aromatic carbocycles. The lowest BCUT2D eigenvalue weighted by atomic mass is 9.87. The van der Waals surface area contributed by atoms with Gasteiger partial charge in [-0.25, -0.2) is 0 Å². The summed E-state index contributed by atoms with van der Waals surface area (Å²) in [6, 6.07) is 7.29. The Morgan fingerprint density at radius 3 is 2.52 bits per heavy atom. The first kappa shape index (κ1) is 21.3. The van der Waals surface area contributed by atoms with E-state index in [9.17, 15) is 9.59 Å². The summed E-state index contributed by atoms with van der Waals surface area (Å²) >= 11 is 2.59. The highest BCUT2D eigenvalue weighted by Gasteiger charge is 2.16. The third kappa shape index (κ3) is 6.93. The molecule has 7 nitrogen and oxygen atoms in total. The smallest absolute Gasteiger partial charge is 0.257 e. The molecule has 9 heteroatoms. The number of methoxy groups -OCH3 is 1. The Morgan fingerprint density at radius 2 is 1.89 bits per heavy atom. The molecule has 0 aliphatic heterocycles. The van der Waals surface area contributed by atoms with Gasteiger partial charge >= 0.3 is 0 Å². The average molecular weight is 409 g/mol. The largest absolute Gasteiger partial charge is 0.383 e. The fourth-order valence-corrected chi connectivity index (χ4v) is 3.66. The minimum Gasteiger partial charge on any atom is -0.383 e. The van der Waals surface area contributed by atoms with Crippen molar-refractivity contribution in [2.24, 2.45) is 0 Å². The minimum absolute atomic E-state index is 0.0144. The Morgan fingerprint density at radius 1 is 1.19 bits per heavy atom. The molecule has 0 saturated carbocycles. The van der Waals surface area contributed by atoms with E-state index >= 15 is 0 Å². The highest BCUT2D eigenvalue weighted by atomic mass is 32.2. The third-order valence-electron chi connectivity index (χ3n) is 3.58. The number of thioether (sulfide) groups is 1. The number of carbonyl (C=O) groups excluding carboxylic acids is 2. The fraction of sp³-hybridized carbons (Fsp3) is 0.444. The van der Waals surface area contributed by atoms with Gasteiger partial charge in [0.1, 0.15) is 0 Å². The summed E-state index contributed by atoms with van der Waals surface area (Å²) in [5.41, 5.74) is 1.61. The van der Waals surface area contributed by atoms with Crippen LogP contribution >= 0.6 is 23.1 Å². The second kappa shape index (κ2) is 9.82. The van der Waals surface area contributed by atoms with Crippen LogP contribution in [0.3, 0.4) is 0 Å². The van der Waals surface area contributed by atoms with E-state index in [1.165, 1.54) is 23.1 Å². The van der Waals surface area contributed by atoms with Gasteiger partial charge in [-0.2, -0.15) is 0 Å². The summed E-state index contributed by atoms with van der Waals surface area (Å²) in [7, 11) is 1.63. The second-order valence-electron chi connectivity index (χ2n) is 6.79. The van der Waals surface area contributed by atoms with E-state index in [0.29, 0.717) is 28.2 Å². The molecule has 0 bridgehead atoms. The van der Waals surface area contributed by atoms with Gasteiger partial charge in [-0.05, 0) is 23.1 Å². The van der Waals surface area contributed by atoms with Gasteiger partial charge in [0.15, 0.2) is 4.34 Å². The molecular weight excluding hydrogens is 384 g/mol. The summed E-state index contributed by atoms with van der Waals surface area (Å²) in [6.45, 7) is 7.53. The van der Waals surface area contributed by atoms with Crippen LogP contribution < -0.4 is 10.6 Å². The van der Waals surface area contributed by atoms with Crippen LogP contribution in [0.4, 0.5) is 5.13 Å². The summed E-state index contributed by atoms with van der Waals surface area (Å²) in [6.07, 6.45) is 0. The van der Waals surface area contributed by atoms with Crippen LogP contribution in [0.25, 0.3) is 0 Å². The van der Waals surface area contributed by atoms with Crippen LogP contribution in [0.15, 0.2) is 28.6 Å². The number of amides is 2. The highest BCUT2D eigenvalue weighted by molar-refractivity contribution is 8.01. The molecule has 0 aliphatic rings. The normalized spacial score (nSPS) is 11.3. The first-order chi connectivity index (χ1) is 12.8. The van der Waals surface area contributed by atoms with Gasteiger partial charge in [0.05, 0.1) is 12.4 Å². The maximum absolute atomic E-state index is 12.2. The van der Waals surface area contributed by atoms with Crippen LogP contribution in [-0.2, 0) is 14.9 Å². The van der Waals surface area contributed by atoms with Gasteiger partial charge in [-0.15, -0.1) is 10.2 Å². The van der Waals surface area contributed by atoms with Gasteiger partial charge in [0, 0.05) is 19.2 Å². The lowest BCUT2D eigenvalue weighted by molar-refractivity contribution is -0.117. The maximum Gasteiger partial charge on any atom is 0.257 e. The number of rotatable bonds is 8. The number of hydrogen-bond donors (Lipinski definition) is 2. The van der Waals surface area contributed by atoms with Crippen LogP contribution in [-0.4, -0.2) is 48.0 Å². The van der Waals surface area contributed by atoms with Gasteiger partial charge in [0.25, 0.3) is 5.91 Å². The predicted molar refractivity (Wildman–Crippen MR) is 109 cm³/mol. The van der Waals surface area contributed by atoms with Crippen molar-refractivity contribution in [2.45, 2.75) is 30.5 Å². The van der Waals surface area contributed by atoms with Crippen molar-refractivity contribution in [3.8, 4) is 0 Å². The minimum atomic E-state index is -0.403. The Labute approximate surface area is 167 Å². The van der Waals surface area contributed by atoms with Crippen molar-refractivity contribution in [3.05, 3.63) is 35.4 Å². The first-order valence-electron chi connectivity index (χ1n) is 8.43. The molecule has 0 saturated heterocycles. The van der Waals surface area contributed by atoms with E-state index in [4.69, 9.17) is 4.74 Å². The van der Waals surface area contributed by atoms with Crippen LogP contribution in [0.1, 0.15) is 36.7 Å². The van der Waals surface area contributed by atoms with Crippen molar-refractivity contribution >= 4 is 40.0 Å². The van der Waals surface area contributed by atoms with Crippen LogP contribution in [0.2, 0.25) is 0 Å². The third-order valence-corrected chi connectivity index (χ3v) is 5.60. The summed E-state index contributed by atoms with van der Waals surface area (Å²) in [4.78, 5) is 24.2. The number of imide groups is 1. The Hall–Kier alpha value is -1.97. The highest BCUT2D eigenvalue weighted by Crippen LogP contribution is 2.25. The fourth-order valence-electron chi connectivity index (χ4n) is 2.08. The molecule has 0 unspecified atom stereocenters. The molecule has 2 N–H and O–H groups in total. The summed E-state index contributed by atoms with van der Waals surface area (Å²) in [5.74, 6) is -0.673. The maximum atomic E-state index is 12.2. The summed E-state index contributed by atoms with van der Waals surface area (Å²) in [5, 5.41) is 14.1. The number of aromatic nitrogens is 2. The Bertz CT molecular complexity index is 770. The van der Waals surface area contributed by atoms with E-state index in [1.807, 2.05) is 12.1 Å². The average Bonchev–Trinajstić information content (AvgIpc) is 3.07. The molecule has 2 rings (SSSR count). The number of ether oxygens (including phenoxy) is 1. The Kier molecular flexibility index (Phi) is 7.76. The molecule has 0 atom stereocenters. The molecule has 0 aliphatic carbocycles. The molecule has 1 aromatic heterocycles. The first-order valence-corrected chi connectivity index (χ1v) is 10.2. The van der Waals surface area contributed by atoms with E-state index in [-0.39, 0.29) is 17.1 Å². The molecule has 0 radical (unpaired) electrons. The molecule has 2 amide bonds. The predicted octanol–water partition coefficient (Wildman–Crippen LogP) is 2.94. The van der Waals surface area contributed by atoms with Gasteiger partial charge in [-0.3, -0.25) is 14.9 Å². The van der Waals surface area contributed by atoms with E-state index in [2.05, 4.69) is 41.6 Å². The standard InChI is InChI=1S/C18H24N4O3S2/c1-18(2,3)13-7-5-12(6-8-13)15(24)20-14(23)11-26-17-22-21-16(27-17)19-9-10-25-4/h5-8H,9-11H2,1-4H3,(H,19,21)(H,20,23,24). The van der Waals surface area contributed by atoms with Crippen molar-refractivity contribution < 1.29 is 14.3 Å². The van der Waals surface area contributed by atoms with E-state index in [1.54, 1.807) is 19.2 Å². The van der Waals surface area contributed by atoms with Crippen molar-refractivity contribution in [1.29, 1.82) is 0 Å². The molecule has 0 spiro atoms. The van der Waals surface area contributed by atoms with Crippen molar-refractivity contribution in [3.63, 3.8) is 0 Å². The molecule has 146 valence electrons. The number of anilines is 1. The van der Waals surface area contributed by atoms with Crippen molar-refractivity contribution in [1.82, 2.24) is 15.5 Å². The van der Waals surface area contributed by atoms with Crippen LogP contribution in [0.5, 0.6) is 0 Å². The lowest BCUT2D eigenvalue weighted by Gasteiger charge is -2.18. The quantitative estimate of drug-likeness (QED) is 0.512. The van der Waals surface area contributed by atoms with E-state index < -0.39 is 5.91 Å². The molecule has 2 aromatic rings. The zero-order valence-corrected chi connectivity index (χ0v) is 17.5. The Balaban J connectivity index is 1.80.